The number of amides is 1. The smallest absolute Gasteiger partial charge is 0.252 e. The van der Waals surface area contributed by atoms with Crippen molar-refractivity contribution in [2.75, 3.05) is 13.1 Å². The molecule has 1 aromatic rings. The molecule has 0 radical (unpaired) electrons. The second kappa shape index (κ2) is 4.85. The van der Waals surface area contributed by atoms with Crippen LogP contribution in [0.2, 0.25) is 0 Å². The summed E-state index contributed by atoms with van der Waals surface area (Å²) in [6.07, 6.45) is 3.80. The molecule has 0 spiro atoms. The van der Waals surface area contributed by atoms with E-state index < -0.39 is 0 Å². The Morgan fingerprint density at radius 2 is 2.29 bits per heavy atom. The maximum absolute atomic E-state index is 12.0. The van der Waals surface area contributed by atoms with Crippen LogP contribution in [0.1, 0.15) is 29.6 Å². The molecule has 1 aliphatic carbocycles. The molecule has 2 fully saturated rings. The lowest BCUT2D eigenvalue weighted by Gasteiger charge is -2.15. The van der Waals surface area contributed by atoms with E-state index in [2.05, 4.69) is 32.8 Å². The SMILES string of the molecule is O=C(NC1CCN(C2CC2)C1)c1csc(I)c1. The Balaban J connectivity index is 1.55. The predicted molar refractivity (Wildman–Crippen MR) is 77.5 cm³/mol. The number of nitrogens with one attached hydrogen (secondary N) is 1. The first-order chi connectivity index (χ1) is 8.22. The first kappa shape index (κ1) is 11.9. The number of nitrogens with zero attached hydrogens (tertiary/aromatic N) is 1. The second-order valence-electron chi connectivity index (χ2n) is 4.82. The Morgan fingerprint density at radius 3 is 2.94 bits per heavy atom. The van der Waals surface area contributed by atoms with Gasteiger partial charge in [0.05, 0.1) is 8.45 Å². The van der Waals surface area contributed by atoms with Crippen molar-refractivity contribution in [3.8, 4) is 0 Å². The molecule has 1 aromatic heterocycles. The molecular formula is C12H15IN2OS. The average Bonchev–Trinajstić information content (AvgIpc) is 2.90. The number of thiophene rings is 1. The molecule has 2 aliphatic rings. The third-order valence-electron chi connectivity index (χ3n) is 3.45. The summed E-state index contributed by atoms with van der Waals surface area (Å²) in [5.41, 5.74) is 0.810. The summed E-state index contributed by atoms with van der Waals surface area (Å²) in [5.74, 6) is 0.0896. The molecule has 1 aliphatic heterocycles. The van der Waals surface area contributed by atoms with Crippen molar-refractivity contribution in [2.24, 2.45) is 0 Å². The summed E-state index contributed by atoms with van der Waals surface area (Å²) in [6, 6.07) is 3.12. The number of hydrogen-bond acceptors (Lipinski definition) is 3. The number of likely N-dealkylation sites (tertiary alicyclic amines) is 1. The lowest BCUT2D eigenvalue weighted by atomic mass is 10.2. The summed E-state index contributed by atoms with van der Waals surface area (Å²) in [7, 11) is 0. The van der Waals surface area contributed by atoms with E-state index in [0.29, 0.717) is 6.04 Å². The molecule has 1 amide bonds. The van der Waals surface area contributed by atoms with E-state index in [1.54, 1.807) is 11.3 Å². The summed E-state index contributed by atoms with van der Waals surface area (Å²) < 4.78 is 1.17. The number of rotatable bonds is 3. The molecule has 1 unspecified atom stereocenters. The summed E-state index contributed by atoms with van der Waals surface area (Å²) in [4.78, 5) is 14.5. The van der Waals surface area contributed by atoms with Crippen LogP contribution in [-0.4, -0.2) is 36.0 Å². The summed E-state index contributed by atoms with van der Waals surface area (Å²) in [5, 5.41) is 5.08. The zero-order chi connectivity index (χ0) is 11.8. The van der Waals surface area contributed by atoms with Crippen LogP contribution in [-0.2, 0) is 0 Å². The Morgan fingerprint density at radius 1 is 1.47 bits per heavy atom. The van der Waals surface area contributed by atoms with Crippen LogP contribution in [0.3, 0.4) is 0 Å². The topological polar surface area (TPSA) is 32.3 Å². The van der Waals surface area contributed by atoms with Crippen molar-refractivity contribution >= 4 is 39.8 Å². The molecule has 17 heavy (non-hydrogen) atoms. The minimum atomic E-state index is 0.0896. The molecule has 92 valence electrons. The number of carbonyl (C=O) groups excluding carboxylic acids is 1. The second-order valence-corrected chi connectivity index (χ2v) is 7.63. The van der Waals surface area contributed by atoms with Gasteiger partial charge >= 0.3 is 0 Å². The highest BCUT2D eigenvalue weighted by molar-refractivity contribution is 14.1. The molecule has 0 aromatic carbocycles. The van der Waals surface area contributed by atoms with Crippen molar-refractivity contribution in [2.45, 2.75) is 31.3 Å². The van der Waals surface area contributed by atoms with E-state index in [1.165, 1.54) is 15.7 Å². The van der Waals surface area contributed by atoms with E-state index in [4.69, 9.17) is 0 Å². The van der Waals surface area contributed by atoms with Gasteiger partial charge < -0.3 is 5.32 Å². The third-order valence-corrected chi connectivity index (χ3v) is 5.24. The minimum Gasteiger partial charge on any atom is -0.348 e. The fourth-order valence-electron chi connectivity index (χ4n) is 2.37. The van der Waals surface area contributed by atoms with Crippen LogP contribution in [0.25, 0.3) is 0 Å². The Hall–Kier alpha value is -0.140. The van der Waals surface area contributed by atoms with Gasteiger partial charge in [-0.05, 0) is 47.9 Å². The fourth-order valence-corrected chi connectivity index (χ4v) is 3.70. The molecule has 3 rings (SSSR count). The van der Waals surface area contributed by atoms with Gasteiger partial charge in [-0.3, -0.25) is 9.69 Å². The normalized spacial score (nSPS) is 25.1. The first-order valence-electron chi connectivity index (χ1n) is 6.01. The van der Waals surface area contributed by atoms with Crippen LogP contribution in [0, 0.1) is 2.88 Å². The van der Waals surface area contributed by atoms with Crippen LogP contribution >= 0.6 is 33.9 Å². The van der Waals surface area contributed by atoms with E-state index >= 15 is 0 Å². The van der Waals surface area contributed by atoms with Crippen LogP contribution in [0.4, 0.5) is 0 Å². The first-order valence-corrected chi connectivity index (χ1v) is 7.97. The summed E-state index contributed by atoms with van der Waals surface area (Å²) in [6.45, 7) is 2.19. The third kappa shape index (κ3) is 2.82. The van der Waals surface area contributed by atoms with Gasteiger partial charge in [0.25, 0.3) is 5.91 Å². The summed E-state index contributed by atoms with van der Waals surface area (Å²) >= 11 is 3.87. The quantitative estimate of drug-likeness (QED) is 0.838. The maximum Gasteiger partial charge on any atom is 0.252 e. The fraction of sp³-hybridized carbons (Fsp3) is 0.583. The van der Waals surface area contributed by atoms with Crippen molar-refractivity contribution in [3.63, 3.8) is 0 Å². The molecule has 3 nitrogen and oxygen atoms in total. The Bertz CT molecular complexity index is 430. The van der Waals surface area contributed by atoms with E-state index in [-0.39, 0.29) is 5.91 Å². The number of halogens is 1. The number of hydrogen-bond donors (Lipinski definition) is 1. The van der Waals surface area contributed by atoms with E-state index in [0.717, 1.165) is 31.1 Å². The zero-order valence-corrected chi connectivity index (χ0v) is 12.5. The van der Waals surface area contributed by atoms with Crippen molar-refractivity contribution in [3.05, 3.63) is 19.9 Å². The highest BCUT2D eigenvalue weighted by Gasteiger charge is 2.34. The van der Waals surface area contributed by atoms with Gasteiger partial charge in [0.1, 0.15) is 0 Å². The van der Waals surface area contributed by atoms with Crippen LogP contribution < -0.4 is 5.32 Å². The van der Waals surface area contributed by atoms with E-state index in [9.17, 15) is 4.79 Å². The van der Waals surface area contributed by atoms with Gasteiger partial charge in [-0.25, -0.2) is 0 Å². The standard InChI is InChI=1S/C12H15IN2OS/c13-11-5-8(7-17-11)12(16)14-9-3-4-15(6-9)10-1-2-10/h5,7,9-10H,1-4,6H2,(H,14,16). The minimum absolute atomic E-state index is 0.0896. The highest BCUT2D eigenvalue weighted by Crippen LogP contribution is 2.29. The molecular weight excluding hydrogens is 347 g/mol. The number of carbonyl (C=O) groups is 1. The van der Waals surface area contributed by atoms with Gasteiger partial charge in [-0.1, -0.05) is 0 Å². The highest BCUT2D eigenvalue weighted by atomic mass is 127. The molecule has 2 heterocycles. The van der Waals surface area contributed by atoms with Crippen LogP contribution in [0.5, 0.6) is 0 Å². The Kier molecular flexibility index (Phi) is 3.40. The Labute approximate surface area is 119 Å². The molecule has 1 saturated heterocycles. The molecule has 5 heteroatoms. The molecule has 1 N–H and O–H groups in total. The maximum atomic E-state index is 12.0. The lowest BCUT2D eigenvalue weighted by Crippen LogP contribution is -2.37. The van der Waals surface area contributed by atoms with Crippen molar-refractivity contribution in [1.82, 2.24) is 10.2 Å². The largest absolute Gasteiger partial charge is 0.348 e. The van der Waals surface area contributed by atoms with Crippen molar-refractivity contribution in [1.29, 1.82) is 0 Å². The van der Waals surface area contributed by atoms with Crippen molar-refractivity contribution < 1.29 is 4.79 Å². The zero-order valence-electron chi connectivity index (χ0n) is 9.49. The van der Waals surface area contributed by atoms with Gasteiger partial charge in [0.15, 0.2) is 0 Å². The average molecular weight is 362 g/mol. The van der Waals surface area contributed by atoms with Crippen LogP contribution in [0.15, 0.2) is 11.4 Å². The van der Waals surface area contributed by atoms with Gasteiger partial charge in [0.2, 0.25) is 0 Å². The van der Waals surface area contributed by atoms with E-state index in [1.807, 2.05) is 11.4 Å². The molecule has 0 bridgehead atoms. The molecule has 1 atom stereocenters. The monoisotopic (exact) mass is 362 g/mol. The van der Waals surface area contributed by atoms with Gasteiger partial charge in [-0.2, -0.15) is 0 Å². The lowest BCUT2D eigenvalue weighted by molar-refractivity contribution is 0.0938. The van der Waals surface area contributed by atoms with Gasteiger partial charge in [0, 0.05) is 30.6 Å². The molecule has 1 saturated carbocycles. The van der Waals surface area contributed by atoms with Gasteiger partial charge in [-0.15, -0.1) is 11.3 Å². The predicted octanol–water partition coefficient (Wildman–Crippen LogP) is 2.32.